The second-order valence-corrected chi connectivity index (χ2v) is 3.77. The van der Waals surface area contributed by atoms with Crippen LogP contribution in [0.2, 0.25) is 0 Å². The SMILES string of the molecule is CCCCc1c(I)nnn1CC. The Kier molecular flexibility index (Phi) is 3.97. The molecule has 0 N–H and O–H groups in total. The Morgan fingerprint density at radius 2 is 2.17 bits per heavy atom. The number of hydrogen-bond donors (Lipinski definition) is 0. The number of aromatic nitrogens is 3. The normalized spacial score (nSPS) is 10.6. The molecule has 0 radical (unpaired) electrons. The molecule has 4 heteroatoms. The van der Waals surface area contributed by atoms with Crippen molar-refractivity contribution < 1.29 is 0 Å². The van der Waals surface area contributed by atoms with E-state index in [1.165, 1.54) is 18.5 Å². The van der Waals surface area contributed by atoms with Gasteiger partial charge in [0, 0.05) is 6.54 Å². The van der Waals surface area contributed by atoms with E-state index in [4.69, 9.17) is 0 Å². The molecule has 0 saturated heterocycles. The van der Waals surface area contributed by atoms with E-state index in [-0.39, 0.29) is 0 Å². The quantitative estimate of drug-likeness (QED) is 0.791. The topological polar surface area (TPSA) is 30.7 Å². The van der Waals surface area contributed by atoms with Crippen molar-refractivity contribution in [3.8, 4) is 0 Å². The fraction of sp³-hybridized carbons (Fsp3) is 0.750. The van der Waals surface area contributed by atoms with Crippen LogP contribution in [0.25, 0.3) is 0 Å². The van der Waals surface area contributed by atoms with Gasteiger partial charge in [0.2, 0.25) is 0 Å². The molecule has 0 aliphatic heterocycles. The van der Waals surface area contributed by atoms with Gasteiger partial charge in [0.15, 0.2) is 0 Å². The molecule has 1 aromatic rings. The number of nitrogens with zero attached hydrogens (tertiary/aromatic N) is 3. The van der Waals surface area contributed by atoms with Gasteiger partial charge in [-0.2, -0.15) is 0 Å². The number of hydrogen-bond acceptors (Lipinski definition) is 2. The van der Waals surface area contributed by atoms with Crippen molar-refractivity contribution in [2.24, 2.45) is 0 Å². The van der Waals surface area contributed by atoms with Crippen LogP contribution in [-0.2, 0) is 13.0 Å². The molecule has 68 valence electrons. The molecule has 0 aliphatic rings. The van der Waals surface area contributed by atoms with Crippen LogP contribution in [0.5, 0.6) is 0 Å². The first-order chi connectivity index (χ1) is 5.79. The summed E-state index contributed by atoms with van der Waals surface area (Å²) in [4.78, 5) is 0. The van der Waals surface area contributed by atoms with Gasteiger partial charge in [-0.05, 0) is 42.4 Å². The Morgan fingerprint density at radius 1 is 1.42 bits per heavy atom. The van der Waals surface area contributed by atoms with Gasteiger partial charge in [-0.3, -0.25) is 0 Å². The monoisotopic (exact) mass is 279 g/mol. The van der Waals surface area contributed by atoms with Crippen LogP contribution in [0.4, 0.5) is 0 Å². The van der Waals surface area contributed by atoms with Gasteiger partial charge in [0.05, 0.1) is 5.69 Å². The van der Waals surface area contributed by atoms with Crippen LogP contribution in [0, 0.1) is 3.70 Å². The predicted octanol–water partition coefficient (Wildman–Crippen LogP) is 2.25. The molecule has 1 rings (SSSR count). The molecular formula is C8H14IN3. The molecule has 0 unspecified atom stereocenters. The highest BCUT2D eigenvalue weighted by atomic mass is 127. The summed E-state index contributed by atoms with van der Waals surface area (Å²) in [6.45, 7) is 5.22. The lowest BCUT2D eigenvalue weighted by atomic mass is 10.2. The molecule has 0 aliphatic carbocycles. The van der Waals surface area contributed by atoms with E-state index in [1.54, 1.807) is 0 Å². The molecular weight excluding hydrogens is 265 g/mol. The smallest absolute Gasteiger partial charge is 0.146 e. The summed E-state index contributed by atoms with van der Waals surface area (Å²) in [5, 5.41) is 8.09. The zero-order chi connectivity index (χ0) is 8.97. The van der Waals surface area contributed by atoms with E-state index in [9.17, 15) is 0 Å². The van der Waals surface area contributed by atoms with Gasteiger partial charge in [0.1, 0.15) is 3.70 Å². The summed E-state index contributed by atoms with van der Waals surface area (Å²) in [5.41, 5.74) is 1.29. The van der Waals surface area contributed by atoms with Gasteiger partial charge in [-0.25, -0.2) is 4.68 Å². The third-order valence-electron chi connectivity index (χ3n) is 1.86. The minimum absolute atomic E-state index is 0.926. The average molecular weight is 279 g/mol. The maximum atomic E-state index is 4.05. The Hall–Kier alpha value is -0.130. The first-order valence-corrected chi connectivity index (χ1v) is 5.45. The maximum absolute atomic E-state index is 4.05. The Morgan fingerprint density at radius 3 is 2.75 bits per heavy atom. The van der Waals surface area contributed by atoms with Crippen molar-refractivity contribution >= 4 is 22.6 Å². The fourth-order valence-corrected chi connectivity index (χ4v) is 1.79. The van der Waals surface area contributed by atoms with E-state index >= 15 is 0 Å². The summed E-state index contributed by atoms with van der Waals surface area (Å²) in [5.74, 6) is 0. The highest BCUT2D eigenvalue weighted by Gasteiger charge is 2.07. The number of aryl methyl sites for hydroxylation is 1. The van der Waals surface area contributed by atoms with Crippen molar-refractivity contribution in [1.29, 1.82) is 0 Å². The van der Waals surface area contributed by atoms with Crippen molar-refractivity contribution in [1.82, 2.24) is 15.0 Å². The molecule has 3 nitrogen and oxygen atoms in total. The molecule has 0 aromatic carbocycles. The summed E-state index contributed by atoms with van der Waals surface area (Å²) >= 11 is 2.25. The molecule has 0 spiro atoms. The molecule has 12 heavy (non-hydrogen) atoms. The molecule has 0 bridgehead atoms. The third-order valence-corrected chi connectivity index (χ3v) is 2.70. The standard InChI is InChI=1S/C8H14IN3/c1-3-5-6-7-8(9)10-11-12(7)4-2/h3-6H2,1-2H3. The number of halogens is 1. The van der Waals surface area contributed by atoms with Crippen LogP contribution < -0.4 is 0 Å². The molecule has 1 heterocycles. The highest BCUT2D eigenvalue weighted by molar-refractivity contribution is 14.1. The van der Waals surface area contributed by atoms with Crippen molar-refractivity contribution in [3.05, 3.63) is 9.39 Å². The molecule has 1 aromatic heterocycles. The largest absolute Gasteiger partial charge is 0.249 e. The van der Waals surface area contributed by atoms with Crippen molar-refractivity contribution in [3.63, 3.8) is 0 Å². The van der Waals surface area contributed by atoms with E-state index in [2.05, 4.69) is 46.8 Å². The molecule has 0 fully saturated rings. The minimum atomic E-state index is 0.926. The van der Waals surface area contributed by atoms with Gasteiger partial charge in [-0.15, -0.1) is 5.10 Å². The maximum Gasteiger partial charge on any atom is 0.146 e. The lowest BCUT2D eigenvalue weighted by Gasteiger charge is -2.01. The second-order valence-electron chi connectivity index (χ2n) is 2.75. The lowest BCUT2D eigenvalue weighted by Crippen LogP contribution is -2.03. The van der Waals surface area contributed by atoms with Crippen LogP contribution in [0.1, 0.15) is 32.4 Å². The van der Waals surface area contributed by atoms with Crippen LogP contribution in [0.15, 0.2) is 0 Å². The van der Waals surface area contributed by atoms with Gasteiger partial charge in [0.25, 0.3) is 0 Å². The summed E-state index contributed by atoms with van der Waals surface area (Å²) < 4.78 is 3.04. The predicted molar refractivity (Wildman–Crippen MR) is 57.0 cm³/mol. The second kappa shape index (κ2) is 4.79. The van der Waals surface area contributed by atoms with Gasteiger partial charge in [-0.1, -0.05) is 18.6 Å². The zero-order valence-electron chi connectivity index (χ0n) is 7.55. The first kappa shape index (κ1) is 9.95. The number of rotatable bonds is 4. The average Bonchev–Trinajstić information content (AvgIpc) is 2.43. The Balaban J connectivity index is 2.72. The van der Waals surface area contributed by atoms with Gasteiger partial charge >= 0.3 is 0 Å². The molecule has 0 saturated carbocycles. The number of unbranched alkanes of at least 4 members (excludes halogenated alkanes) is 1. The first-order valence-electron chi connectivity index (χ1n) is 4.37. The van der Waals surface area contributed by atoms with E-state index in [1.807, 2.05) is 4.68 Å². The van der Waals surface area contributed by atoms with Crippen LogP contribution >= 0.6 is 22.6 Å². The summed E-state index contributed by atoms with van der Waals surface area (Å²) in [7, 11) is 0. The van der Waals surface area contributed by atoms with Crippen LogP contribution in [-0.4, -0.2) is 15.0 Å². The highest BCUT2D eigenvalue weighted by Crippen LogP contribution is 2.11. The fourth-order valence-electron chi connectivity index (χ4n) is 1.14. The Bertz CT molecular complexity index is 244. The van der Waals surface area contributed by atoms with Crippen molar-refractivity contribution in [2.45, 2.75) is 39.7 Å². The minimum Gasteiger partial charge on any atom is -0.249 e. The lowest BCUT2D eigenvalue weighted by molar-refractivity contribution is 0.587. The third kappa shape index (κ3) is 2.18. The summed E-state index contributed by atoms with van der Waals surface area (Å²) in [6, 6.07) is 0. The van der Waals surface area contributed by atoms with E-state index < -0.39 is 0 Å². The molecule has 0 amide bonds. The van der Waals surface area contributed by atoms with Crippen molar-refractivity contribution in [2.75, 3.05) is 0 Å². The van der Waals surface area contributed by atoms with Crippen LogP contribution in [0.3, 0.4) is 0 Å². The van der Waals surface area contributed by atoms with E-state index in [0.29, 0.717) is 0 Å². The van der Waals surface area contributed by atoms with E-state index in [0.717, 1.165) is 16.7 Å². The van der Waals surface area contributed by atoms with Gasteiger partial charge < -0.3 is 0 Å². The Labute approximate surface area is 86.7 Å². The molecule has 0 atom stereocenters. The zero-order valence-corrected chi connectivity index (χ0v) is 9.71. The summed E-state index contributed by atoms with van der Waals surface area (Å²) in [6.07, 6.45) is 3.56.